The number of rotatable bonds is 5. The van der Waals surface area contributed by atoms with Crippen LogP contribution in [-0.2, 0) is 9.53 Å². The topological polar surface area (TPSA) is 47.6 Å². The minimum Gasteiger partial charge on any atom is -0.497 e. The van der Waals surface area contributed by atoms with Gasteiger partial charge in [0.15, 0.2) is 0 Å². The number of anilines is 1. The number of carbonyl (C=O) groups is 1. The SMILES string of the molecule is COC(=O)C1(CNc2ccc(OC)cc2Cl)CC1. The molecule has 5 heteroatoms. The maximum Gasteiger partial charge on any atom is 0.313 e. The number of hydrogen-bond donors (Lipinski definition) is 1. The van der Waals surface area contributed by atoms with Crippen LogP contribution in [0.15, 0.2) is 18.2 Å². The smallest absolute Gasteiger partial charge is 0.313 e. The predicted octanol–water partition coefficient (Wildman–Crippen LogP) is 2.71. The minimum absolute atomic E-state index is 0.153. The normalized spacial score (nSPS) is 15.9. The molecule has 0 heterocycles. The summed E-state index contributed by atoms with van der Waals surface area (Å²) in [5, 5.41) is 3.77. The van der Waals surface area contributed by atoms with Gasteiger partial charge in [0.1, 0.15) is 5.75 Å². The molecule has 1 saturated carbocycles. The molecule has 0 atom stereocenters. The third-order valence-electron chi connectivity index (χ3n) is 3.27. The van der Waals surface area contributed by atoms with Gasteiger partial charge in [0, 0.05) is 12.6 Å². The second-order valence-electron chi connectivity index (χ2n) is 4.47. The van der Waals surface area contributed by atoms with E-state index in [4.69, 9.17) is 21.1 Å². The summed E-state index contributed by atoms with van der Waals surface area (Å²) >= 11 is 6.11. The summed E-state index contributed by atoms with van der Waals surface area (Å²) in [6.07, 6.45) is 1.72. The van der Waals surface area contributed by atoms with Crippen LogP contribution in [0.25, 0.3) is 0 Å². The fraction of sp³-hybridized carbons (Fsp3) is 0.462. The van der Waals surface area contributed by atoms with Gasteiger partial charge in [-0.05, 0) is 25.0 Å². The Morgan fingerprint density at radius 2 is 2.17 bits per heavy atom. The van der Waals surface area contributed by atoms with E-state index in [0.29, 0.717) is 17.3 Å². The van der Waals surface area contributed by atoms with Crippen molar-refractivity contribution in [3.63, 3.8) is 0 Å². The molecule has 1 aliphatic carbocycles. The average molecular weight is 270 g/mol. The molecule has 0 spiro atoms. The molecule has 0 aliphatic heterocycles. The van der Waals surface area contributed by atoms with E-state index in [9.17, 15) is 4.79 Å². The fourth-order valence-electron chi connectivity index (χ4n) is 1.85. The van der Waals surface area contributed by atoms with Crippen LogP contribution >= 0.6 is 11.6 Å². The van der Waals surface area contributed by atoms with Crippen molar-refractivity contribution < 1.29 is 14.3 Å². The predicted molar refractivity (Wildman–Crippen MR) is 70.2 cm³/mol. The van der Waals surface area contributed by atoms with Crippen LogP contribution in [0.1, 0.15) is 12.8 Å². The van der Waals surface area contributed by atoms with E-state index in [1.165, 1.54) is 7.11 Å². The van der Waals surface area contributed by atoms with Crippen molar-refractivity contribution in [1.29, 1.82) is 0 Å². The fourth-order valence-corrected chi connectivity index (χ4v) is 2.09. The second-order valence-corrected chi connectivity index (χ2v) is 4.88. The summed E-state index contributed by atoms with van der Waals surface area (Å²) in [5.41, 5.74) is 0.436. The zero-order chi connectivity index (χ0) is 13.2. The van der Waals surface area contributed by atoms with Crippen molar-refractivity contribution in [3.8, 4) is 5.75 Å². The van der Waals surface area contributed by atoms with Gasteiger partial charge in [0.05, 0.1) is 30.3 Å². The van der Waals surface area contributed by atoms with Crippen molar-refractivity contribution in [2.75, 3.05) is 26.1 Å². The largest absolute Gasteiger partial charge is 0.497 e. The van der Waals surface area contributed by atoms with Gasteiger partial charge in [-0.3, -0.25) is 4.79 Å². The molecular weight excluding hydrogens is 254 g/mol. The molecule has 18 heavy (non-hydrogen) atoms. The van der Waals surface area contributed by atoms with E-state index in [-0.39, 0.29) is 11.4 Å². The summed E-state index contributed by atoms with van der Waals surface area (Å²) in [7, 11) is 3.01. The third-order valence-corrected chi connectivity index (χ3v) is 3.58. The summed E-state index contributed by atoms with van der Waals surface area (Å²) < 4.78 is 9.88. The lowest BCUT2D eigenvalue weighted by Gasteiger charge is -2.15. The summed E-state index contributed by atoms with van der Waals surface area (Å²) in [4.78, 5) is 11.6. The highest BCUT2D eigenvalue weighted by Crippen LogP contribution is 2.47. The van der Waals surface area contributed by atoms with E-state index in [1.54, 1.807) is 13.2 Å². The quantitative estimate of drug-likeness (QED) is 0.835. The maximum atomic E-state index is 11.6. The Morgan fingerprint density at radius 1 is 1.44 bits per heavy atom. The van der Waals surface area contributed by atoms with E-state index in [2.05, 4.69) is 5.32 Å². The molecule has 1 N–H and O–H groups in total. The highest BCUT2D eigenvalue weighted by atomic mass is 35.5. The monoisotopic (exact) mass is 269 g/mol. The maximum absolute atomic E-state index is 11.6. The van der Waals surface area contributed by atoms with Crippen LogP contribution in [0.4, 0.5) is 5.69 Å². The van der Waals surface area contributed by atoms with Crippen LogP contribution < -0.4 is 10.1 Å². The molecule has 0 saturated heterocycles. The first-order chi connectivity index (χ1) is 8.61. The van der Waals surface area contributed by atoms with Crippen LogP contribution in [0.2, 0.25) is 5.02 Å². The van der Waals surface area contributed by atoms with Gasteiger partial charge in [0.25, 0.3) is 0 Å². The Bertz CT molecular complexity index is 458. The molecule has 1 aromatic rings. The highest BCUT2D eigenvalue weighted by molar-refractivity contribution is 6.33. The Kier molecular flexibility index (Phi) is 3.66. The number of esters is 1. The molecule has 0 radical (unpaired) electrons. The van der Waals surface area contributed by atoms with Crippen LogP contribution in [0.5, 0.6) is 5.75 Å². The lowest BCUT2D eigenvalue weighted by Crippen LogP contribution is -2.26. The number of methoxy groups -OCH3 is 2. The molecule has 0 amide bonds. The molecule has 4 nitrogen and oxygen atoms in total. The molecule has 1 fully saturated rings. The van der Waals surface area contributed by atoms with Gasteiger partial charge in [-0.1, -0.05) is 11.6 Å². The third kappa shape index (κ3) is 2.53. The lowest BCUT2D eigenvalue weighted by molar-refractivity contribution is -0.146. The van der Waals surface area contributed by atoms with Gasteiger partial charge >= 0.3 is 5.97 Å². The zero-order valence-electron chi connectivity index (χ0n) is 10.5. The van der Waals surface area contributed by atoms with Crippen LogP contribution in [-0.4, -0.2) is 26.7 Å². The molecule has 98 valence electrons. The van der Waals surface area contributed by atoms with Gasteiger partial charge in [-0.15, -0.1) is 0 Å². The lowest BCUT2D eigenvalue weighted by atomic mass is 10.1. The Hall–Kier alpha value is -1.42. The van der Waals surface area contributed by atoms with Crippen LogP contribution in [0.3, 0.4) is 0 Å². The molecule has 2 rings (SSSR count). The first kappa shape index (κ1) is 13.0. The standard InChI is InChI=1S/C13H16ClNO3/c1-17-9-3-4-11(10(14)7-9)15-8-13(5-6-13)12(16)18-2/h3-4,7,15H,5-6,8H2,1-2H3. The number of halogens is 1. The number of benzene rings is 1. The second kappa shape index (κ2) is 5.06. The Balaban J connectivity index is 2.01. The highest BCUT2D eigenvalue weighted by Gasteiger charge is 2.50. The van der Waals surface area contributed by atoms with Gasteiger partial charge in [-0.2, -0.15) is 0 Å². The number of nitrogens with one attached hydrogen (secondary N) is 1. The van der Waals surface area contributed by atoms with E-state index >= 15 is 0 Å². The minimum atomic E-state index is -0.363. The summed E-state index contributed by atoms with van der Waals surface area (Å²) in [5.74, 6) is 0.555. The van der Waals surface area contributed by atoms with Crippen molar-refractivity contribution in [2.24, 2.45) is 5.41 Å². The van der Waals surface area contributed by atoms with E-state index < -0.39 is 0 Å². The number of ether oxygens (including phenoxy) is 2. The zero-order valence-corrected chi connectivity index (χ0v) is 11.2. The number of carbonyl (C=O) groups excluding carboxylic acids is 1. The van der Waals surface area contributed by atoms with Crippen molar-refractivity contribution in [1.82, 2.24) is 0 Å². The van der Waals surface area contributed by atoms with E-state index in [1.807, 2.05) is 12.1 Å². The summed E-state index contributed by atoms with van der Waals surface area (Å²) in [6, 6.07) is 5.40. The van der Waals surface area contributed by atoms with Gasteiger partial charge < -0.3 is 14.8 Å². The summed E-state index contributed by atoms with van der Waals surface area (Å²) in [6.45, 7) is 0.547. The van der Waals surface area contributed by atoms with Crippen LogP contribution in [0, 0.1) is 5.41 Å². The van der Waals surface area contributed by atoms with E-state index in [0.717, 1.165) is 18.5 Å². The molecular formula is C13H16ClNO3. The van der Waals surface area contributed by atoms with Gasteiger partial charge in [0.2, 0.25) is 0 Å². The molecule has 1 aromatic carbocycles. The first-order valence-electron chi connectivity index (χ1n) is 5.77. The van der Waals surface area contributed by atoms with Crippen molar-refractivity contribution in [3.05, 3.63) is 23.2 Å². The molecule has 0 bridgehead atoms. The molecule has 0 unspecified atom stereocenters. The molecule has 1 aliphatic rings. The molecule has 0 aromatic heterocycles. The van der Waals surface area contributed by atoms with Crippen molar-refractivity contribution >= 4 is 23.3 Å². The van der Waals surface area contributed by atoms with Gasteiger partial charge in [-0.25, -0.2) is 0 Å². The average Bonchev–Trinajstić information content (AvgIpc) is 3.17. The Labute approximate surface area is 111 Å². The van der Waals surface area contributed by atoms with Crippen molar-refractivity contribution in [2.45, 2.75) is 12.8 Å². The Morgan fingerprint density at radius 3 is 2.67 bits per heavy atom. The number of hydrogen-bond acceptors (Lipinski definition) is 4. The first-order valence-corrected chi connectivity index (χ1v) is 6.15.